The molecule has 92 valence electrons. The average Bonchev–Trinajstić information content (AvgIpc) is 2.21. The van der Waals surface area contributed by atoms with E-state index in [0.29, 0.717) is 12.1 Å². The van der Waals surface area contributed by atoms with Crippen LogP contribution in [0.25, 0.3) is 0 Å². The summed E-state index contributed by atoms with van der Waals surface area (Å²) in [5.74, 6) is 0. The lowest BCUT2D eigenvalue weighted by molar-refractivity contribution is 0.202. The van der Waals surface area contributed by atoms with E-state index in [-0.39, 0.29) is 0 Å². The van der Waals surface area contributed by atoms with Crippen LogP contribution in [0.2, 0.25) is 0 Å². The lowest BCUT2D eigenvalue weighted by atomic mass is 10.2. The first-order valence-electron chi connectivity index (χ1n) is 6.04. The average molecular weight is 215 g/mol. The summed E-state index contributed by atoms with van der Waals surface area (Å²) in [6.07, 6.45) is 1.24. The Labute approximate surface area is 95.8 Å². The number of hydrogen-bond donors (Lipinski definition) is 1. The Kier molecular flexibility index (Phi) is 8.02. The minimum atomic E-state index is 0.653. The molecule has 3 nitrogen and oxygen atoms in total. The second kappa shape index (κ2) is 8.08. The molecule has 0 rings (SSSR count). The van der Waals surface area contributed by atoms with Gasteiger partial charge in [-0.25, -0.2) is 0 Å². The van der Waals surface area contributed by atoms with Crippen LogP contribution < -0.4 is 5.32 Å². The van der Waals surface area contributed by atoms with Gasteiger partial charge in [-0.3, -0.25) is 0 Å². The molecule has 1 unspecified atom stereocenters. The van der Waals surface area contributed by atoms with Gasteiger partial charge < -0.3 is 15.1 Å². The van der Waals surface area contributed by atoms with E-state index >= 15 is 0 Å². The SMILES string of the molecule is CNCCN(C)C(C)CCN(C)C(C)C. The molecule has 0 saturated carbocycles. The van der Waals surface area contributed by atoms with Gasteiger partial charge in [0.25, 0.3) is 0 Å². The van der Waals surface area contributed by atoms with Crippen molar-refractivity contribution in [2.24, 2.45) is 0 Å². The van der Waals surface area contributed by atoms with Crippen LogP contribution in [0, 0.1) is 0 Å². The smallest absolute Gasteiger partial charge is 0.0106 e. The molecule has 1 atom stereocenters. The van der Waals surface area contributed by atoms with Gasteiger partial charge in [0.2, 0.25) is 0 Å². The molecule has 0 aliphatic heterocycles. The predicted octanol–water partition coefficient (Wildman–Crippen LogP) is 1.26. The summed E-state index contributed by atoms with van der Waals surface area (Å²) in [6.45, 7) is 10.2. The monoisotopic (exact) mass is 215 g/mol. The molecule has 1 N–H and O–H groups in total. The Hall–Kier alpha value is -0.120. The van der Waals surface area contributed by atoms with Crippen molar-refractivity contribution in [3.05, 3.63) is 0 Å². The highest BCUT2D eigenvalue weighted by atomic mass is 15.2. The fraction of sp³-hybridized carbons (Fsp3) is 1.00. The van der Waals surface area contributed by atoms with Crippen LogP contribution in [-0.4, -0.2) is 62.7 Å². The quantitative estimate of drug-likeness (QED) is 0.657. The molecule has 0 aliphatic carbocycles. The zero-order valence-electron chi connectivity index (χ0n) is 11.4. The van der Waals surface area contributed by atoms with Gasteiger partial charge in [0, 0.05) is 25.2 Å². The Morgan fingerprint density at radius 3 is 2.07 bits per heavy atom. The van der Waals surface area contributed by atoms with Crippen molar-refractivity contribution in [2.75, 3.05) is 40.8 Å². The summed E-state index contributed by atoms with van der Waals surface area (Å²) in [5, 5.41) is 3.18. The van der Waals surface area contributed by atoms with Crippen molar-refractivity contribution in [1.82, 2.24) is 15.1 Å². The topological polar surface area (TPSA) is 18.5 Å². The standard InChI is InChI=1S/C12H29N3/c1-11(2)14(5)9-7-12(3)15(6)10-8-13-4/h11-13H,7-10H2,1-6H3. The maximum Gasteiger partial charge on any atom is 0.0106 e. The molecule has 0 bridgehead atoms. The molecule has 0 aromatic rings. The Morgan fingerprint density at radius 1 is 1.00 bits per heavy atom. The van der Waals surface area contributed by atoms with Crippen molar-refractivity contribution in [1.29, 1.82) is 0 Å². The van der Waals surface area contributed by atoms with Crippen molar-refractivity contribution in [3.8, 4) is 0 Å². The molecule has 0 fully saturated rings. The van der Waals surface area contributed by atoms with Crippen LogP contribution in [0.15, 0.2) is 0 Å². The molecular formula is C12H29N3. The molecule has 0 aliphatic rings. The third-order valence-corrected chi connectivity index (χ3v) is 3.25. The minimum absolute atomic E-state index is 0.653. The number of nitrogens with zero attached hydrogens (tertiary/aromatic N) is 2. The molecule has 3 heteroatoms. The summed E-state index contributed by atoms with van der Waals surface area (Å²) >= 11 is 0. The van der Waals surface area contributed by atoms with Crippen LogP contribution in [-0.2, 0) is 0 Å². The fourth-order valence-electron chi connectivity index (χ4n) is 1.38. The third-order valence-electron chi connectivity index (χ3n) is 3.25. The first-order valence-corrected chi connectivity index (χ1v) is 6.04. The van der Waals surface area contributed by atoms with Crippen LogP contribution >= 0.6 is 0 Å². The Bertz CT molecular complexity index is 148. The zero-order chi connectivity index (χ0) is 11.8. The molecule has 0 aromatic carbocycles. The minimum Gasteiger partial charge on any atom is -0.318 e. The number of nitrogens with one attached hydrogen (secondary N) is 1. The lowest BCUT2D eigenvalue weighted by Gasteiger charge is -2.28. The van der Waals surface area contributed by atoms with Crippen LogP contribution in [0.3, 0.4) is 0 Å². The van der Waals surface area contributed by atoms with Crippen LogP contribution in [0.4, 0.5) is 0 Å². The van der Waals surface area contributed by atoms with E-state index in [2.05, 4.69) is 50.0 Å². The fourth-order valence-corrected chi connectivity index (χ4v) is 1.38. The summed E-state index contributed by atoms with van der Waals surface area (Å²) in [5.41, 5.74) is 0. The van der Waals surface area contributed by atoms with E-state index < -0.39 is 0 Å². The van der Waals surface area contributed by atoms with E-state index in [1.807, 2.05) is 7.05 Å². The van der Waals surface area contributed by atoms with Gasteiger partial charge in [0.1, 0.15) is 0 Å². The predicted molar refractivity (Wildman–Crippen MR) is 68.4 cm³/mol. The third kappa shape index (κ3) is 6.88. The van der Waals surface area contributed by atoms with Gasteiger partial charge >= 0.3 is 0 Å². The number of rotatable bonds is 8. The van der Waals surface area contributed by atoms with Gasteiger partial charge in [0.05, 0.1) is 0 Å². The molecule has 0 amide bonds. The van der Waals surface area contributed by atoms with Crippen molar-refractivity contribution >= 4 is 0 Å². The molecule has 15 heavy (non-hydrogen) atoms. The molecular weight excluding hydrogens is 186 g/mol. The maximum atomic E-state index is 3.18. The van der Waals surface area contributed by atoms with Crippen molar-refractivity contribution < 1.29 is 0 Å². The Balaban J connectivity index is 3.67. The molecule has 0 aromatic heterocycles. The van der Waals surface area contributed by atoms with E-state index in [1.54, 1.807) is 0 Å². The first kappa shape index (κ1) is 14.9. The lowest BCUT2D eigenvalue weighted by Crippen LogP contribution is -2.37. The zero-order valence-corrected chi connectivity index (χ0v) is 11.4. The highest BCUT2D eigenvalue weighted by Gasteiger charge is 2.10. The summed E-state index contributed by atoms with van der Waals surface area (Å²) in [6, 6.07) is 1.32. The van der Waals surface area contributed by atoms with E-state index in [4.69, 9.17) is 0 Å². The molecule has 0 heterocycles. The van der Waals surface area contributed by atoms with Gasteiger partial charge in [-0.1, -0.05) is 0 Å². The summed E-state index contributed by atoms with van der Waals surface area (Å²) in [4.78, 5) is 4.83. The molecule has 0 spiro atoms. The maximum absolute atomic E-state index is 3.18. The van der Waals surface area contributed by atoms with Crippen LogP contribution in [0.5, 0.6) is 0 Å². The summed E-state index contributed by atoms with van der Waals surface area (Å²) in [7, 11) is 6.41. The van der Waals surface area contributed by atoms with E-state index in [9.17, 15) is 0 Å². The second-order valence-corrected chi connectivity index (χ2v) is 4.80. The highest BCUT2D eigenvalue weighted by Crippen LogP contribution is 2.03. The van der Waals surface area contributed by atoms with Gasteiger partial charge in [0.15, 0.2) is 0 Å². The van der Waals surface area contributed by atoms with Crippen molar-refractivity contribution in [3.63, 3.8) is 0 Å². The Morgan fingerprint density at radius 2 is 1.60 bits per heavy atom. The van der Waals surface area contributed by atoms with Gasteiger partial charge in [-0.2, -0.15) is 0 Å². The number of hydrogen-bond acceptors (Lipinski definition) is 3. The van der Waals surface area contributed by atoms with Gasteiger partial charge in [-0.05, 0) is 54.9 Å². The first-order chi connectivity index (χ1) is 6.99. The normalized spacial score (nSPS) is 14.2. The second-order valence-electron chi connectivity index (χ2n) is 4.80. The largest absolute Gasteiger partial charge is 0.318 e. The molecule has 0 saturated heterocycles. The van der Waals surface area contributed by atoms with Gasteiger partial charge in [-0.15, -0.1) is 0 Å². The summed E-state index contributed by atoms with van der Waals surface area (Å²) < 4.78 is 0. The molecule has 0 radical (unpaired) electrons. The van der Waals surface area contributed by atoms with Crippen molar-refractivity contribution in [2.45, 2.75) is 39.3 Å². The number of likely N-dealkylation sites (N-methyl/N-ethyl adjacent to an activating group) is 2. The van der Waals surface area contributed by atoms with E-state index in [1.165, 1.54) is 13.0 Å². The van der Waals surface area contributed by atoms with Crippen LogP contribution in [0.1, 0.15) is 27.2 Å². The highest BCUT2D eigenvalue weighted by molar-refractivity contribution is 4.67. The van der Waals surface area contributed by atoms with E-state index in [0.717, 1.165) is 13.1 Å².